The molecular weight excluding hydrogens is 877 g/mol. The Kier molecular flexibility index (Phi) is 8.44. The maximum Gasteiger partial charge on any atom is 0.179 e. The number of hydrogen-bond acceptors (Lipinski definition) is 0. The topological polar surface area (TPSA) is 8.82 Å². The van der Waals surface area contributed by atoms with Gasteiger partial charge in [0, 0.05) is 43.1 Å². The summed E-state index contributed by atoms with van der Waals surface area (Å²) >= 11 is 0. The lowest BCUT2D eigenvalue weighted by atomic mass is 9.98. The molecule has 0 unspecified atom stereocenters. The molecule has 15 aromatic rings. The normalized spacial score (nSPS) is 12.6. The third-order valence-electron chi connectivity index (χ3n) is 15.8. The van der Waals surface area contributed by atoms with E-state index in [2.05, 4.69) is 276 Å². The van der Waals surface area contributed by atoms with E-state index < -0.39 is 16.1 Å². The highest BCUT2D eigenvalue weighted by Gasteiger charge is 2.43. The van der Waals surface area contributed by atoms with Crippen LogP contribution in [0, 0.1) is 0 Å². The van der Waals surface area contributed by atoms with Gasteiger partial charge in [-0.05, 0) is 65.8 Å². The predicted octanol–water partition coefficient (Wildman–Crippen LogP) is 10.7. The molecule has 0 N–H and O–H groups in total. The molecule has 326 valence electrons. The van der Waals surface area contributed by atoms with E-state index in [4.69, 9.17) is 0 Å². The van der Waals surface area contributed by atoms with Gasteiger partial charge in [0.1, 0.15) is 0 Å². The van der Waals surface area contributed by atoms with E-state index in [9.17, 15) is 0 Å². The number of nitrogens with zero attached hydrogens (tertiary/aromatic N) is 2. The minimum absolute atomic E-state index is 1.24. The minimum atomic E-state index is -2.83. The van der Waals surface area contributed by atoms with Crippen molar-refractivity contribution < 1.29 is 0 Å². The predicted molar refractivity (Wildman–Crippen MR) is 303 cm³/mol. The molecule has 0 aliphatic heterocycles. The van der Waals surface area contributed by atoms with Crippen molar-refractivity contribution >= 4 is 134 Å². The van der Waals surface area contributed by atoms with Crippen molar-refractivity contribution in [3.63, 3.8) is 0 Å². The Balaban J connectivity index is 1.10. The molecule has 11 aromatic carbocycles. The zero-order valence-electron chi connectivity index (χ0n) is 38.3. The van der Waals surface area contributed by atoms with Crippen LogP contribution in [0.2, 0.25) is 0 Å². The molecule has 0 bridgehead atoms. The van der Waals surface area contributed by atoms with Gasteiger partial charge in [-0.2, -0.15) is 0 Å². The third kappa shape index (κ3) is 5.11. The van der Waals surface area contributed by atoms with E-state index in [0.717, 1.165) is 0 Å². The molecule has 15 rings (SSSR count). The van der Waals surface area contributed by atoms with Crippen LogP contribution >= 0.6 is 0 Å². The van der Waals surface area contributed by atoms with Gasteiger partial charge in [0.05, 0.1) is 33.1 Å². The molecule has 0 fully saturated rings. The van der Waals surface area contributed by atoms with E-state index >= 15 is 0 Å². The number of hydrogen-bond donors (Lipinski definition) is 0. The van der Waals surface area contributed by atoms with Crippen molar-refractivity contribution in [3.05, 3.63) is 267 Å². The zero-order valence-corrected chi connectivity index (χ0v) is 40.3. The van der Waals surface area contributed by atoms with Gasteiger partial charge in [0.25, 0.3) is 0 Å². The molecule has 0 aliphatic rings. The average molecular weight is 921 g/mol. The Morgan fingerprint density at radius 1 is 0.200 bits per heavy atom. The molecule has 0 amide bonds. The van der Waals surface area contributed by atoms with E-state index in [1.165, 1.54) is 118 Å². The molecule has 0 aliphatic carbocycles. The highest BCUT2D eigenvalue weighted by Crippen LogP contribution is 2.51. The van der Waals surface area contributed by atoms with Gasteiger partial charge in [-0.15, -0.1) is 0 Å². The van der Waals surface area contributed by atoms with E-state index in [1.807, 2.05) is 0 Å². The lowest BCUT2D eigenvalue weighted by Crippen LogP contribution is -2.74. The maximum atomic E-state index is 2.63. The quantitative estimate of drug-likeness (QED) is 0.106. The molecule has 0 atom stereocenters. The van der Waals surface area contributed by atoms with Crippen molar-refractivity contribution in [1.29, 1.82) is 0 Å². The average Bonchev–Trinajstić information content (AvgIpc) is 4.17. The molecule has 70 heavy (non-hydrogen) atoms. The molecule has 0 saturated heterocycles. The van der Waals surface area contributed by atoms with E-state index in [0.29, 0.717) is 0 Å². The Bertz CT molecular complexity index is 3950. The summed E-state index contributed by atoms with van der Waals surface area (Å²) in [5.74, 6) is 0. The maximum absolute atomic E-state index is 2.83. The Morgan fingerprint density at radius 2 is 0.443 bits per heavy atom. The minimum Gasteiger partial charge on any atom is -0.308 e. The molecule has 0 saturated carbocycles. The van der Waals surface area contributed by atoms with Gasteiger partial charge in [-0.3, -0.25) is 0 Å². The summed E-state index contributed by atoms with van der Waals surface area (Å²) in [7, 11) is -5.65. The second kappa shape index (κ2) is 15.0. The first-order valence-corrected chi connectivity index (χ1v) is 28.4. The Labute approximate surface area is 407 Å². The van der Waals surface area contributed by atoms with Crippen molar-refractivity contribution in [2.45, 2.75) is 0 Å². The van der Waals surface area contributed by atoms with Crippen molar-refractivity contribution in [1.82, 2.24) is 8.80 Å². The van der Waals surface area contributed by atoms with Crippen LogP contribution in [0.5, 0.6) is 0 Å². The summed E-state index contributed by atoms with van der Waals surface area (Å²) in [5, 5.41) is 21.5. The van der Waals surface area contributed by atoms with Crippen LogP contribution in [0.15, 0.2) is 267 Å². The summed E-state index contributed by atoms with van der Waals surface area (Å²) in [6.45, 7) is 0. The monoisotopic (exact) mass is 920 g/mol. The lowest BCUT2D eigenvalue weighted by Gasteiger charge is -2.34. The number of fused-ring (bicyclic) bond motifs is 14. The smallest absolute Gasteiger partial charge is 0.179 e. The van der Waals surface area contributed by atoms with Gasteiger partial charge in [0.2, 0.25) is 0 Å². The molecule has 0 radical (unpaired) electrons. The van der Waals surface area contributed by atoms with Crippen LogP contribution < -0.4 is 41.5 Å². The summed E-state index contributed by atoms with van der Waals surface area (Å²) < 4.78 is 5.26. The highest BCUT2D eigenvalue weighted by atomic mass is 28.3. The fourth-order valence-electron chi connectivity index (χ4n) is 13.2. The highest BCUT2D eigenvalue weighted by molar-refractivity contribution is 7.20. The van der Waals surface area contributed by atoms with Gasteiger partial charge in [-0.25, -0.2) is 0 Å². The molecule has 4 aromatic heterocycles. The molecular formula is C66H44N2Si2. The zero-order chi connectivity index (χ0) is 46.0. The summed E-state index contributed by atoms with van der Waals surface area (Å²) in [6, 6.07) is 101. The lowest BCUT2D eigenvalue weighted by molar-refractivity contribution is 1.37. The first-order chi connectivity index (χ1) is 34.8. The fourth-order valence-corrected chi connectivity index (χ4v) is 22.7. The SMILES string of the molecule is c1ccc([Si](c2ccccc2)(c2ccccc2)c2ccc3c4c5c6ccccc6n6c7cc([Si](c8ccccc8)(c8ccccc8)c8ccccc8)ccc7c(c7c8ccccc8n(c3c2)c74)c56)cc1. The second-order valence-electron chi connectivity index (χ2n) is 19.1. The van der Waals surface area contributed by atoms with Crippen LogP contribution in [0.1, 0.15) is 0 Å². The van der Waals surface area contributed by atoms with Crippen LogP contribution in [0.4, 0.5) is 0 Å². The van der Waals surface area contributed by atoms with Crippen LogP contribution in [0.3, 0.4) is 0 Å². The van der Waals surface area contributed by atoms with Crippen LogP contribution in [-0.4, -0.2) is 24.9 Å². The van der Waals surface area contributed by atoms with Gasteiger partial charge in [0.15, 0.2) is 16.1 Å². The number of aromatic nitrogens is 2. The molecule has 4 heterocycles. The summed E-state index contributed by atoms with van der Waals surface area (Å²) in [6.07, 6.45) is 0. The van der Waals surface area contributed by atoms with Gasteiger partial charge >= 0.3 is 0 Å². The molecule has 4 heteroatoms. The number of rotatable bonds is 8. The number of para-hydroxylation sites is 2. The largest absolute Gasteiger partial charge is 0.308 e. The van der Waals surface area contributed by atoms with Crippen LogP contribution in [0.25, 0.3) is 76.2 Å². The van der Waals surface area contributed by atoms with Crippen molar-refractivity contribution in [3.8, 4) is 0 Å². The van der Waals surface area contributed by atoms with Crippen molar-refractivity contribution in [2.75, 3.05) is 0 Å². The first kappa shape index (κ1) is 39.4. The first-order valence-electron chi connectivity index (χ1n) is 24.4. The Hall–Kier alpha value is -8.55. The van der Waals surface area contributed by atoms with Crippen molar-refractivity contribution in [2.24, 2.45) is 0 Å². The number of benzene rings is 11. The van der Waals surface area contributed by atoms with Gasteiger partial charge < -0.3 is 8.80 Å². The Morgan fingerprint density at radius 3 is 0.729 bits per heavy atom. The van der Waals surface area contributed by atoms with E-state index in [1.54, 1.807) is 0 Å². The summed E-state index contributed by atoms with van der Waals surface area (Å²) in [5.41, 5.74) is 7.62. The molecule has 2 nitrogen and oxygen atoms in total. The third-order valence-corrected chi connectivity index (χ3v) is 25.4. The van der Waals surface area contributed by atoms with Gasteiger partial charge in [-0.1, -0.05) is 243 Å². The fraction of sp³-hybridized carbons (Fsp3) is 0. The standard InChI is InChI=1S/C66H44N2Si2/c1-7-23-45(24-8-1)69(46-25-9-2-10-26-46,47-27-11-3-12-28-47)51-39-41-55-59(43-51)67-57-37-21-19-35-53(57)62-64-56-42-40-52(44-60(56)68-58-38-22-20-36-54(58)61(66(64)68)63(55)65(62)67)70(48-29-13-4-14-30-48,49-31-15-5-16-32-49)50-33-17-6-18-34-50/h1-44H. The van der Waals surface area contributed by atoms with Crippen LogP contribution in [-0.2, 0) is 0 Å². The second-order valence-corrected chi connectivity index (χ2v) is 26.7. The summed E-state index contributed by atoms with van der Waals surface area (Å²) in [4.78, 5) is 0. The van der Waals surface area contributed by atoms with E-state index in [-0.39, 0.29) is 0 Å². The molecule has 0 spiro atoms.